The maximum absolute atomic E-state index is 10.2. The molecule has 9 heteroatoms. The van der Waals surface area contributed by atoms with E-state index in [0.717, 1.165) is 25.7 Å². The van der Waals surface area contributed by atoms with Crippen LogP contribution in [0.4, 0.5) is 0 Å². The minimum Gasteiger partial charge on any atom is -0.566 e. The van der Waals surface area contributed by atoms with Crippen molar-refractivity contribution in [2.24, 2.45) is 0 Å². The molecule has 6 nitrogen and oxygen atoms in total. The van der Waals surface area contributed by atoms with Gasteiger partial charge in [-0.3, -0.25) is 0 Å². The zero-order valence-corrected chi connectivity index (χ0v) is 32.0. The van der Waals surface area contributed by atoms with Gasteiger partial charge >= 0.3 is 33.0 Å². The van der Waals surface area contributed by atoms with E-state index in [9.17, 15) is 18.9 Å². The Morgan fingerprint density at radius 3 is 0.867 bits per heavy atom. The van der Waals surface area contributed by atoms with E-state index in [-0.39, 0.29) is 16.5 Å². The van der Waals surface area contributed by atoms with E-state index in [1.54, 1.807) is 0 Å². The fraction of sp³-hybridized carbons (Fsp3) is 0.889. The number of allylic oxidation sites excluding steroid dienone is 4. The van der Waals surface area contributed by atoms with E-state index < -0.39 is 16.5 Å². The molecule has 0 aromatic heterocycles. The van der Waals surface area contributed by atoms with Crippen molar-refractivity contribution < 1.29 is 44.5 Å². The van der Waals surface area contributed by atoms with Gasteiger partial charge in [-0.2, -0.15) is 0 Å². The van der Waals surface area contributed by atoms with E-state index in [4.69, 9.17) is 0 Å². The van der Waals surface area contributed by atoms with Crippen LogP contribution in [0.5, 0.6) is 0 Å². The van der Waals surface area contributed by atoms with Gasteiger partial charge in [-0.15, -0.1) is 9.05 Å². The summed E-state index contributed by atoms with van der Waals surface area (Å²) < 4.78 is 29.3. The molecule has 0 spiro atoms. The van der Waals surface area contributed by atoms with Gasteiger partial charge in [0.2, 0.25) is 0 Å². The van der Waals surface area contributed by atoms with Gasteiger partial charge in [0, 0.05) is 0 Å². The summed E-state index contributed by atoms with van der Waals surface area (Å²) in [5, 5.41) is 0. The molecule has 0 saturated carbocycles. The molecule has 0 aliphatic rings. The molecule has 0 fully saturated rings. The molecule has 0 aromatic rings. The maximum atomic E-state index is 10.2. The molecule has 268 valence electrons. The van der Waals surface area contributed by atoms with Gasteiger partial charge in [0.1, 0.15) is 13.2 Å². The Hall–Kier alpha value is 0.0135. The Morgan fingerprint density at radius 1 is 0.400 bits per heavy atom. The van der Waals surface area contributed by atoms with Crippen LogP contribution in [0, 0.1) is 0 Å². The minimum atomic E-state index is -2.65. The molecular formula is C36H70NiO6P2+2. The smallest absolute Gasteiger partial charge is 0.566 e. The van der Waals surface area contributed by atoms with Gasteiger partial charge in [-0.05, 0) is 73.3 Å². The van der Waals surface area contributed by atoms with Crippen molar-refractivity contribution >= 4 is 16.5 Å². The van der Waals surface area contributed by atoms with Crippen molar-refractivity contribution in [3.8, 4) is 0 Å². The normalized spacial score (nSPS) is 11.9. The number of unbranched alkanes of at least 4 members (excludes halogenated alkanes) is 24. The summed E-state index contributed by atoms with van der Waals surface area (Å²) >= 11 is 0. The van der Waals surface area contributed by atoms with Crippen molar-refractivity contribution in [2.45, 2.75) is 194 Å². The fourth-order valence-corrected chi connectivity index (χ4v) is 5.53. The van der Waals surface area contributed by atoms with Gasteiger partial charge in [0.05, 0.1) is 0 Å². The maximum Gasteiger partial charge on any atom is 2.00 e. The summed E-state index contributed by atoms with van der Waals surface area (Å²) in [6.45, 7) is 5.21. The first-order chi connectivity index (χ1) is 21.5. The summed E-state index contributed by atoms with van der Waals surface area (Å²) in [6.07, 6.45) is 44.6. The average Bonchev–Trinajstić information content (AvgIpc) is 3.00. The van der Waals surface area contributed by atoms with Gasteiger partial charge in [-0.1, -0.05) is 154 Å². The summed E-state index contributed by atoms with van der Waals surface area (Å²) in [6, 6.07) is 0. The predicted octanol–water partition coefficient (Wildman–Crippen LogP) is 12.1. The summed E-state index contributed by atoms with van der Waals surface area (Å²) in [5.41, 5.74) is 0. The molecule has 0 aliphatic carbocycles. The van der Waals surface area contributed by atoms with Crippen LogP contribution in [0.3, 0.4) is 0 Å². The molecular weight excluding hydrogens is 649 g/mol. The van der Waals surface area contributed by atoms with Gasteiger partial charge < -0.3 is 9.79 Å². The van der Waals surface area contributed by atoms with Crippen LogP contribution in [0.1, 0.15) is 194 Å². The molecule has 2 unspecified atom stereocenters. The monoisotopic (exact) mass is 718 g/mol. The van der Waals surface area contributed by atoms with Crippen LogP contribution in [0.2, 0.25) is 0 Å². The molecule has 0 aliphatic heterocycles. The molecule has 0 saturated heterocycles. The number of hydrogen-bond donors (Lipinski definition) is 0. The van der Waals surface area contributed by atoms with Crippen LogP contribution in [-0.4, -0.2) is 13.2 Å². The third-order valence-corrected chi connectivity index (χ3v) is 8.49. The molecule has 0 rings (SSSR count). The van der Waals surface area contributed by atoms with Crippen molar-refractivity contribution in [1.29, 1.82) is 0 Å². The minimum absolute atomic E-state index is 0. The van der Waals surface area contributed by atoms with Crippen molar-refractivity contribution in [1.82, 2.24) is 0 Å². The molecule has 45 heavy (non-hydrogen) atoms. The quantitative estimate of drug-likeness (QED) is 0.0284. The first kappa shape index (κ1) is 49.4. The summed E-state index contributed by atoms with van der Waals surface area (Å²) in [4.78, 5) is 20.3. The molecule has 0 aromatic carbocycles. The number of rotatable bonds is 34. The van der Waals surface area contributed by atoms with E-state index in [2.05, 4.69) is 47.2 Å². The Bertz CT molecular complexity index is 595. The third kappa shape index (κ3) is 53.8. The first-order valence-corrected chi connectivity index (χ1v) is 20.6. The number of hydrogen-bond acceptors (Lipinski definition) is 6. The Labute approximate surface area is 291 Å². The van der Waals surface area contributed by atoms with Gasteiger partial charge in [0.25, 0.3) is 0 Å². The Kier molecular flexibility index (Phi) is 50.6. The second-order valence-electron chi connectivity index (χ2n) is 12.0. The van der Waals surface area contributed by atoms with Crippen LogP contribution in [0.15, 0.2) is 24.3 Å². The van der Waals surface area contributed by atoms with Crippen LogP contribution in [-0.2, 0) is 34.7 Å². The zero-order valence-electron chi connectivity index (χ0n) is 29.2. The SMILES string of the molecule is CCCCCCCCC=CCCCCCCCCO[P+](=O)[O-].CCCCCCCCC=CCCCCCCCCO[P+](=O)[O-].[Ni+2]. The molecule has 0 radical (unpaired) electrons. The van der Waals surface area contributed by atoms with Crippen LogP contribution < -0.4 is 9.79 Å². The molecule has 0 heterocycles. The average molecular weight is 720 g/mol. The van der Waals surface area contributed by atoms with Crippen LogP contribution >= 0.6 is 16.5 Å². The fourth-order valence-electron chi connectivity index (χ4n) is 4.98. The standard InChI is InChI=1S/2C18H35O3P.Ni/c2*1-2-3-4-5-6-7-8-9-10-11-12-13-14-15-16-17-18-21-22(19)20;/h2*9-10H,2-8,11-18H2,1H3;/q;;+2. The summed E-state index contributed by atoms with van der Waals surface area (Å²) in [7, 11) is -5.30. The third-order valence-electron chi connectivity index (χ3n) is 7.71. The van der Waals surface area contributed by atoms with Gasteiger partial charge in [-0.25, -0.2) is 0 Å². The van der Waals surface area contributed by atoms with E-state index in [1.165, 1.54) is 154 Å². The largest absolute Gasteiger partial charge is 2.00 e. The van der Waals surface area contributed by atoms with Crippen molar-refractivity contribution in [3.05, 3.63) is 24.3 Å². The second-order valence-corrected chi connectivity index (χ2v) is 13.4. The second kappa shape index (κ2) is 46.1. The van der Waals surface area contributed by atoms with Crippen LogP contribution in [0.25, 0.3) is 0 Å². The van der Waals surface area contributed by atoms with E-state index >= 15 is 0 Å². The molecule has 2 atom stereocenters. The van der Waals surface area contributed by atoms with E-state index in [0.29, 0.717) is 13.2 Å². The van der Waals surface area contributed by atoms with E-state index in [1.807, 2.05) is 0 Å². The Morgan fingerprint density at radius 2 is 0.622 bits per heavy atom. The topological polar surface area (TPSA) is 98.7 Å². The zero-order chi connectivity index (χ0) is 32.6. The van der Waals surface area contributed by atoms with Crippen molar-refractivity contribution in [2.75, 3.05) is 13.2 Å². The summed E-state index contributed by atoms with van der Waals surface area (Å²) in [5.74, 6) is 0. The van der Waals surface area contributed by atoms with Crippen molar-refractivity contribution in [3.63, 3.8) is 0 Å². The Balaban J connectivity index is -0.000000767. The predicted molar refractivity (Wildman–Crippen MR) is 186 cm³/mol. The first-order valence-electron chi connectivity index (χ1n) is 18.4. The molecule has 0 N–H and O–H groups in total. The van der Waals surface area contributed by atoms with Gasteiger partial charge in [0.15, 0.2) is 0 Å². The molecule has 0 bridgehead atoms. The molecule has 0 amide bonds.